The second-order valence-corrected chi connectivity index (χ2v) is 9.79. The van der Waals surface area contributed by atoms with E-state index in [9.17, 15) is 13.7 Å². The number of aliphatic hydroxyl groups excluding tert-OH is 1. The van der Waals surface area contributed by atoms with E-state index in [0.717, 1.165) is 36.0 Å². The number of hydrogen-bond donors (Lipinski definition) is 3. The number of rotatable bonds is 4. The smallest absolute Gasteiger partial charge is 0.233 e. The molecule has 0 amide bonds. The Kier molecular flexibility index (Phi) is 4.34. The number of benzene rings is 1. The van der Waals surface area contributed by atoms with E-state index in [1.807, 2.05) is 6.92 Å². The summed E-state index contributed by atoms with van der Waals surface area (Å²) in [6, 6.07) is 2.09. The normalized spacial score (nSPS) is 25.0. The number of alkyl halides is 1. The maximum absolute atomic E-state index is 14.0. The van der Waals surface area contributed by atoms with E-state index in [-0.39, 0.29) is 11.0 Å². The van der Waals surface area contributed by atoms with E-state index in [0.29, 0.717) is 31.0 Å². The summed E-state index contributed by atoms with van der Waals surface area (Å²) in [5, 5.41) is 23.6. The van der Waals surface area contributed by atoms with Gasteiger partial charge in [-0.15, -0.1) is 0 Å². The fourth-order valence-corrected chi connectivity index (χ4v) is 5.68. The molecule has 0 spiro atoms. The SMILES string of the molecule is C[C@@H]1Cn2ncc(S(N)(=O)=NC(O)Nc3c4c(cc5c3C[C@H](F)C5)CCC4)c2O1. The predicted molar refractivity (Wildman–Crippen MR) is 106 cm³/mol. The molecule has 29 heavy (non-hydrogen) atoms. The van der Waals surface area contributed by atoms with Crippen LogP contribution < -0.4 is 15.2 Å². The van der Waals surface area contributed by atoms with Crippen molar-refractivity contribution in [2.75, 3.05) is 5.32 Å². The van der Waals surface area contributed by atoms with Crippen molar-refractivity contribution < 1.29 is 18.4 Å². The zero-order chi connectivity index (χ0) is 20.3. The van der Waals surface area contributed by atoms with Crippen LogP contribution in [0.4, 0.5) is 10.1 Å². The molecule has 0 radical (unpaired) electrons. The lowest BCUT2D eigenvalue weighted by Crippen LogP contribution is -2.24. The number of anilines is 1. The minimum atomic E-state index is -3.44. The molecule has 1 aliphatic heterocycles. The average molecular weight is 421 g/mol. The number of aromatic nitrogens is 2. The highest BCUT2D eigenvalue weighted by molar-refractivity contribution is 7.91. The minimum Gasteiger partial charge on any atom is -0.472 e. The Morgan fingerprint density at radius 2 is 2.24 bits per heavy atom. The number of nitrogens with zero attached hydrogens (tertiary/aromatic N) is 3. The molecule has 1 aromatic carbocycles. The Labute approximate surface area is 168 Å². The number of aryl methyl sites for hydroxylation is 1. The molecule has 0 fully saturated rings. The Balaban J connectivity index is 1.48. The van der Waals surface area contributed by atoms with E-state index in [2.05, 4.69) is 20.8 Å². The van der Waals surface area contributed by atoms with Crippen LogP contribution in [-0.4, -0.2) is 37.7 Å². The summed E-state index contributed by atoms with van der Waals surface area (Å²) >= 11 is 0. The first-order valence-electron chi connectivity index (χ1n) is 9.83. The van der Waals surface area contributed by atoms with Crippen molar-refractivity contribution in [3.05, 3.63) is 34.5 Å². The maximum Gasteiger partial charge on any atom is 0.233 e. The molecule has 0 bridgehead atoms. The summed E-state index contributed by atoms with van der Waals surface area (Å²) in [6.07, 6.45) is 2.35. The number of aliphatic hydroxyl groups is 1. The van der Waals surface area contributed by atoms with Crippen molar-refractivity contribution in [2.45, 2.75) is 69.1 Å². The van der Waals surface area contributed by atoms with E-state index >= 15 is 0 Å². The topological polar surface area (TPSA) is 115 Å². The second kappa shape index (κ2) is 6.68. The third kappa shape index (κ3) is 3.19. The summed E-state index contributed by atoms with van der Waals surface area (Å²) < 4.78 is 38.2. The van der Waals surface area contributed by atoms with Gasteiger partial charge < -0.3 is 15.2 Å². The third-order valence-corrected chi connectivity index (χ3v) is 7.24. The molecule has 5 rings (SSSR count). The van der Waals surface area contributed by atoms with Gasteiger partial charge in [-0.05, 0) is 48.4 Å². The van der Waals surface area contributed by atoms with Crippen molar-refractivity contribution in [3.8, 4) is 5.88 Å². The molecule has 1 aromatic heterocycles. The maximum atomic E-state index is 14.0. The van der Waals surface area contributed by atoms with Gasteiger partial charge in [0.15, 0.2) is 0 Å². The summed E-state index contributed by atoms with van der Waals surface area (Å²) in [5.41, 5.74) is 4.82. The number of nitrogens with two attached hydrogens (primary N) is 1. The number of ether oxygens (including phenoxy) is 1. The molecular formula is C19H24FN5O3S. The fourth-order valence-electron chi connectivity index (χ4n) is 4.61. The lowest BCUT2D eigenvalue weighted by molar-refractivity contribution is 0.215. The van der Waals surface area contributed by atoms with Gasteiger partial charge in [-0.2, -0.15) is 9.46 Å². The number of fused-ring (bicyclic) bond motifs is 3. The highest BCUT2D eigenvalue weighted by Gasteiger charge is 2.31. The van der Waals surface area contributed by atoms with Crippen LogP contribution in [0.5, 0.6) is 5.88 Å². The highest BCUT2D eigenvalue weighted by atomic mass is 32.2. The van der Waals surface area contributed by atoms with Gasteiger partial charge in [0.05, 0.1) is 12.7 Å². The molecular weight excluding hydrogens is 397 g/mol. The van der Waals surface area contributed by atoms with E-state index < -0.39 is 22.4 Å². The molecule has 4 atom stereocenters. The van der Waals surface area contributed by atoms with Crippen LogP contribution in [0, 0.1) is 0 Å². The van der Waals surface area contributed by atoms with Crippen LogP contribution in [0.2, 0.25) is 0 Å². The summed E-state index contributed by atoms with van der Waals surface area (Å²) in [7, 11) is -3.44. The van der Waals surface area contributed by atoms with Crippen LogP contribution >= 0.6 is 0 Å². The summed E-state index contributed by atoms with van der Waals surface area (Å²) in [6.45, 7) is 2.41. The Bertz CT molecular complexity index is 1110. The first-order valence-corrected chi connectivity index (χ1v) is 11.4. The monoisotopic (exact) mass is 421 g/mol. The van der Waals surface area contributed by atoms with Gasteiger partial charge in [-0.3, -0.25) is 0 Å². The molecule has 0 saturated carbocycles. The van der Waals surface area contributed by atoms with E-state index in [1.165, 1.54) is 11.8 Å². The fraction of sp³-hybridized carbons (Fsp3) is 0.526. The predicted octanol–water partition coefficient (Wildman–Crippen LogP) is 1.68. The molecule has 8 nitrogen and oxygen atoms in total. The minimum absolute atomic E-state index is 0.0983. The second-order valence-electron chi connectivity index (χ2n) is 8.00. The van der Waals surface area contributed by atoms with Crippen LogP contribution in [-0.2, 0) is 42.1 Å². The quantitative estimate of drug-likeness (QED) is 0.650. The highest BCUT2D eigenvalue weighted by Crippen LogP contribution is 2.39. The largest absolute Gasteiger partial charge is 0.472 e. The van der Waals surface area contributed by atoms with Crippen molar-refractivity contribution >= 4 is 15.6 Å². The molecule has 156 valence electrons. The van der Waals surface area contributed by atoms with Crippen molar-refractivity contribution in [1.29, 1.82) is 0 Å². The molecule has 2 heterocycles. The van der Waals surface area contributed by atoms with Gasteiger partial charge in [0.2, 0.25) is 12.2 Å². The van der Waals surface area contributed by atoms with Crippen LogP contribution in [0.25, 0.3) is 0 Å². The molecule has 2 unspecified atom stereocenters. The standard InChI is InChI=1S/C19H24FN5O3S/c1-10-9-25-18(28-10)16(8-22-25)29(21,27)24-19(26)23-17-14-4-2-3-11(14)5-12-6-13(20)7-15(12)17/h5,8,10,13,19,23,26H,2-4,6-7,9H2,1H3,(H2,21,24,27)/t10-,13-,19?,29?/m1/s1. The zero-order valence-electron chi connectivity index (χ0n) is 16.1. The zero-order valence-corrected chi connectivity index (χ0v) is 16.9. The van der Waals surface area contributed by atoms with Crippen molar-refractivity contribution in [1.82, 2.24) is 9.78 Å². The lowest BCUT2D eigenvalue weighted by atomic mass is 9.99. The van der Waals surface area contributed by atoms with Gasteiger partial charge in [0.25, 0.3) is 0 Å². The van der Waals surface area contributed by atoms with Gasteiger partial charge in [-0.1, -0.05) is 6.07 Å². The summed E-state index contributed by atoms with van der Waals surface area (Å²) in [4.78, 5) is 0.162. The van der Waals surface area contributed by atoms with Gasteiger partial charge in [0.1, 0.15) is 27.1 Å². The first-order chi connectivity index (χ1) is 13.8. The van der Waals surface area contributed by atoms with Crippen molar-refractivity contribution in [3.63, 3.8) is 0 Å². The number of nitrogens with one attached hydrogen (secondary N) is 1. The Morgan fingerprint density at radius 1 is 1.41 bits per heavy atom. The first kappa shape index (κ1) is 18.8. The van der Waals surface area contributed by atoms with Gasteiger partial charge in [-0.25, -0.2) is 18.4 Å². The lowest BCUT2D eigenvalue weighted by Gasteiger charge is -2.19. The van der Waals surface area contributed by atoms with Gasteiger partial charge in [0, 0.05) is 18.5 Å². The third-order valence-electron chi connectivity index (χ3n) is 5.81. The Hall–Kier alpha value is -2.17. The Morgan fingerprint density at radius 3 is 3.07 bits per heavy atom. The number of halogens is 1. The van der Waals surface area contributed by atoms with E-state index in [4.69, 9.17) is 9.88 Å². The summed E-state index contributed by atoms with van der Waals surface area (Å²) in [5.74, 6) is 0.322. The van der Waals surface area contributed by atoms with Crippen LogP contribution in [0.1, 0.15) is 35.6 Å². The molecule has 3 aliphatic rings. The van der Waals surface area contributed by atoms with E-state index in [1.54, 1.807) is 4.68 Å². The van der Waals surface area contributed by atoms with Gasteiger partial charge >= 0.3 is 0 Å². The van der Waals surface area contributed by atoms with Crippen LogP contribution in [0.3, 0.4) is 0 Å². The molecule has 10 heteroatoms. The van der Waals surface area contributed by atoms with Crippen LogP contribution in [0.15, 0.2) is 21.5 Å². The average Bonchev–Trinajstić information content (AvgIpc) is 3.36. The molecule has 0 saturated heterocycles. The van der Waals surface area contributed by atoms with Crippen molar-refractivity contribution in [2.24, 2.45) is 9.50 Å². The molecule has 2 aromatic rings. The number of hydrogen-bond acceptors (Lipinski definition) is 6. The molecule has 2 aliphatic carbocycles. The molecule has 4 N–H and O–H groups in total.